The lowest BCUT2D eigenvalue weighted by Crippen LogP contribution is -2.50. The van der Waals surface area contributed by atoms with E-state index in [-0.39, 0.29) is 24.7 Å². The normalized spacial score (nSPS) is 24.1. The molecular weight excluding hydrogens is 237 g/mol. The Labute approximate surface area is 105 Å². The van der Waals surface area contributed by atoms with E-state index < -0.39 is 5.82 Å². The van der Waals surface area contributed by atoms with Crippen molar-refractivity contribution in [1.29, 1.82) is 0 Å². The SMILES string of the molecule is CC1CN(C(=O)c2cccc(F)c2)CC(CO)O1. The van der Waals surface area contributed by atoms with E-state index in [9.17, 15) is 9.18 Å². The number of carbonyl (C=O) groups is 1. The molecule has 1 amide bonds. The summed E-state index contributed by atoms with van der Waals surface area (Å²) >= 11 is 0. The highest BCUT2D eigenvalue weighted by atomic mass is 19.1. The topological polar surface area (TPSA) is 49.8 Å². The third kappa shape index (κ3) is 2.86. The first kappa shape index (κ1) is 13.0. The number of benzene rings is 1. The molecule has 0 aromatic heterocycles. The number of aliphatic hydroxyl groups excluding tert-OH is 1. The fourth-order valence-corrected chi connectivity index (χ4v) is 2.12. The van der Waals surface area contributed by atoms with Gasteiger partial charge < -0.3 is 14.7 Å². The second-order valence-electron chi connectivity index (χ2n) is 4.47. The zero-order chi connectivity index (χ0) is 13.1. The highest BCUT2D eigenvalue weighted by molar-refractivity contribution is 5.94. The minimum absolute atomic E-state index is 0.128. The van der Waals surface area contributed by atoms with Gasteiger partial charge in [0, 0.05) is 18.7 Å². The van der Waals surface area contributed by atoms with Crippen molar-refractivity contribution in [2.24, 2.45) is 0 Å². The molecule has 1 aromatic carbocycles. The number of carbonyl (C=O) groups excluding carboxylic acids is 1. The van der Waals surface area contributed by atoms with E-state index in [1.807, 2.05) is 6.92 Å². The summed E-state index contributed by atoms with van der Waals surface area (Å²) < 4.78 is 18.5. The summed E-state index contributed by atoms with van der Waals surface area (Å²) in [7, 11) is 0. The lowest BCUT2D eigenvalue weighted by Gasteiger charge is -2.36. The molecule has 0 aliphatic carbocycles. The highest BCUT2D eigenvalue weighted by Crippen LogP contribution is 2.15. The lowest BCUT2D eigenvalue weighted by molar-refractivity contribution is -0.0858. The molecule has 1 aliphatic heterocycles. The molecule has 1 N–H and O–H groups in total. The number of aliphatic hydroxyl groups is 1. The maximum Gasteiger partial charge on any atom is 0.254 e. The van der Waals surface area contributed by atoms with E-state index in [1.165, 1.54) is 18.2 Å². The van der Waals surface area contributed by atoms with Crippen molar-refractivity contribution >= 4 is 5.91 Å². The molecule has 0 radical (unpaired) electrons. The number of amides is 1. The molecule has 18 heavy (non-hydrogen) atoms. The maximum absolute atomic E-state index is 13.1. The van der Waals surface area contributed by atoms with Crippen LogP contribution in [-0.2, 0) is 4.74 Å². The minimum Gasteiger partial charge on any atom is -0.394 e. The molecule has 1 saturated heterocycles. The maximum atomic E-state index is 13.1. The molecule has 0 saturated carbocycles. The highest BCUT2D eigenvalue weighted by Gasteiger charge is 2.28. The Morgan fingerprint density at radius 2 is 2.33 bits per heavy atom. The molecule has 2 atom stereocenters. The molecule has 4 nitrogen and oxygen atoms in total. The standard InChI is InChI=1S/C13H16FNO3/c1-9-6-15(7-12(8-16)18-9)13(17)10-3-2-4-11(14)5-10/h2-5,9,12,16H,6-8H2,1H3. The Morgan fingerprint density at radius 1 is 1.56 bits per heavy atom. The molecular formula is C13H16FNO3. The summed E-state index contributed by atoms with van der Waals surface area (Å²) in [6.07, 6.45) is -0.500. The van der Waals surface area contributed by atoms with Gasteiger partial charge in [-0.25, -0.2) is 4.39 Å². The fourth-order valence-electron chi connectivity index (χ4n) is 2.12. The van der Waals surface area contributed by atoms with Crippen LogP contribution in [0.5, 0.6) is 0 Å². The van der Waals surface area contributed by atoms with Crippen LogP contribution in [0.3, 0.4) is 0 Å². The van der Waals surface area contributed by atoms with Crippen molar-refractivity contribution in [2.45, 2.75) is 19.1 Å². The van der Waals surface area contributed by atoms with Gasteiger partial charge in [0.05, 0.1) is 18.8 Å². The minimum atomic E-state index is -0.430. The molecule has 1 aromatic rings. The quantitative estimate of drug-likeness (QED) is 0.857. The monoisotopic (exact) mass is 253 g/mol. The number of hydrogen-bond donors (Lipinski definition) is 1. The molecule has 0 spiro atoms. The van der Waals surface area contributed by atoms with Crippen LogP contribution in [0.4, 0.5) is 4.39 Å². The first-order chi connectivity index (χ1) is 8.60. The van der Waals surface area contributed by atoms with Crippen LogP contribution in [0.25, 0.3) is 0 Å². The van der Waals surface area contributed by atoms with Gasteiger partial charge in [0.25, 0.3) is 5.91 Å². The second-order valence-corrected chi connectivity index (χ2v) is 4.47. The van der Waals surface area contributed by atoms with Crippen LogP contribution >= 0.6 is 0 Å². The van der Waals surface area contributed by atoms with Gasteiger partial charge >= 0.3 is 0 Å². The van der Waals surface area contributed by atoms with Gasteiger partial charge in [0.15, 0.2) is 0 Å². The van der Waals surface area contributed by atoms with Crippen LogP contribution in [-0.4, -0.2) is 47.8 Å². The number of hydrogen-bond acceptors (Lipinski definition) is 3. The third-order valence-electron chi connectivity index (χ3n) is 2.89. The van der Waals surface area contributed by atoms with Gasteiger partial charge in [-0.1, -0.05) is 6.07 Å². The Balaban J connectivity index is 2.13. The lowest BCUT2D eigenvalue weighted by atomic mass is 10.1. The molecule has 1 aliphatic rings. The molecule has 1 fully saturated rings. The summed E-state index contributed by atoms with van der Waals surface area (Å²) in [4.78, 5) is 13.8. The van der Waals surface area contributed by atoms with Crippen LogP contribution in [0.1, 0.15) is 17.3 Å². The van der Waals surface area contributed by atoms with Gasteiger partial charge in [0.1, 0.15) is 5.82 Å². The van der Waals surface area contributed by atoms with Gasteiger partial charge in [-0.3, -0.25) is 4.79 Å². The van der Waals surface area contributed by atoms with Gasteiger partial charge in [-0.2, -0.15) is 0 Å². The molecule has 0 bridgehead atoms. The van der Waals surface area contributed by atoms with Crippen LogP contribution < -0.4 is 0 Å². The average Bonchev–Trinajstić information content (AvgIpc) is 2.37. The van der Waals surface area contributed by atoms with Gasteiger partial charge in [0.2, 0.25) is 0 Å². The van der Waals surface area contributed by atoms with Crippen molar-refractivity contribution in [3.63, 3.8) is 0 Å². The van der Waals surface area contributed by atoms with Crippen molar-refractivity contribution in [2.75, 3.05) is 19.7 Å². The van der Waals surface area contributed by atoms with E-state index in [0.717, 1.165) is 0 Å². The summed E-state index contributed by atoms with van der Waals surface area (Å²) in [5.74, 6) is -0.663. The second kappa shape index (κ2) is 5.46. The van der Waals surface area contributed by atoms with Crippen molar-refractivity contribution in [3.05, 3.63) is 35.6 Å². The number of morpholine rings is 1. The zero-order valence-corrected chi connectivity index (χ0v) is 10.2. The largest absolute Gasteiger partial charge is 0.394 e. The van der Waals surface area contributed by atoms with E-state index in [0.29, 0.717) is 18.7 Å². The number of rotatable bonds is 2. The molecule has 2 rings (SSSR count). The number of halogens is 1. The zero-order valence-electron chi connectivity index (χ0n) is 10.2. The Bertz CT molecular complexity index is 438. The molecule has 2 unspecified atom stereocenters. The third-order valence-corrected chi connectivity index (χ3v) is 2.89. The van der Waals surface area contributed by atoms with E-state index in [2.05, 4.69) is 0 Å². The van der Waals surface area contributed by atoms with Gasteiger partial charge in [-0.15, -0.1) is 0 Å². The smallest absolute Gasteiger partial charge is 0.254 e. The van der Waals surface area contributed by atoms with Crippen LogP contribution in [0.15, 0.2) is 24.3 Å². The Kier molecular flexibility index (Phi) is 3.93. The van der Waals surface area contributed by atoms with Crippen molar-refractivity contribution in [3.8, 4) is 0 Å². The van der Waals surface area contributed by atoms with E-state index in [1.54, 1.807) is 11.0 Å². The predicted molar refractivity (Wildman–Crippen MR) is 63.7 cm³/mol. The molecule has 5 heteroatoms. The summed E-state index contributed by atoms with van der Waals surface area (Å²) in [6, 6.07) is 5.61. The van der Waals surface area contributed by atoms with E-state index >= 15 is 0 Å². The van der Waals surface area contributed by atoms with Crippen molar-refractivity contribution < 1.29 is 19.0 Å². The number of nitrogens with zero attached hydrogens (tertiary/aromatic N) is 1. The molecule has 1 heterocycles. The van der Waals surface area contributed by atoms with Crippen LogP contribution in [0.2, 0.25) is 0 Å². The summed E-state index contributed by atoms with van der Waals surface area (Å²) in [5, 5.41) is 9.10. The van der Waals surface area contributed by atoms with E-state index in [4.69, 9.17) is 9.84 Å². The predicted octanol–water partition coefficient (Wildman–Crippen LogP) is 1.05. The Morgan fingerprint density at radius 3 is 3.00 bits per heavy atom. The van der Waals surface area contributed by atoms with Crippen LogP contribution in [0, 0.1) is 5.82 Å². The number of ether oxygens (including phenoxy) is 1. The molecule has 98 valence electrons. The first-order valence-electron chi connectivity index (χ1n) is 5.91. The fraction of sp³-hybridized carbons (Fsp3) is 0.462. The van der Waals surface area contributed by atoms with Gasteiger partial charge in [-0.05, 0) is 25.1 Å². The summed E-state index contributed by atoms with van der Waals surface area (Å²) in [5.41, 5.74) is 0.320. The Hall–Kier alpha value is -1.46. The first-order valence-corrected chi connectivity index (χ1v) is 5.91. The average molecular weight is 253 g/mol. The van der Waals surface area contributed by atoms with Crippen molar-refractivity contribution in [1.82, 2.24) is 4.90 Å². The summed E-state index contributed by atoms with van der Waals surface area (Å²) in [6.45, 7) is 2.49.